The Morgan fingerprint density at radius 1 is 1.38 bits per heavy atom. The van der Waals surface area contributed by atoms with Crippen molar-refractivity contribution in [2.24, 2.45) is 0 Å². The first-order chi connectivity index (χ1) is 9.95. The second-order valence-electron chi connectivity index (χ2n) is 5.41. The first-order valence-electron chi connectivity index (χ1n) is 6.98. The van der Waals surface area contributed by atoms with E-state index in [-0.39, 0.29) is 36.0 Å². The Labute approximate surface area is 123 Å². The quantitative estimate of drug-likeness (QED) is 0.614. The number of nitrogens with one attached hydrogen (secondary N) is 2. The number of amides is 1. The molecule has 1 fully saturated rings. The molecule has 0 aromatic heterocycles. The second-order valence-corrected chi connectivity index (χ2v) is 5.41. The molecule has 2 rings (SSSR count). The number of carbonyl (C=O) groups excluding carboxylic acids is 1. The summed E-state index contributed by atoms with van der Waals surface area (Å²) in [7, 11) is 0. The van der Waals surface area contributed by atoms with Crippen molar-refractivity contribution in [3.63, 3.8) is 0 Å². The Hall–Kier alpha value is -1.99. The normalized spacial score (nSPS) is 25.3. The molecule has 7 heteroatoms. The van der Waals surface area contributed by atoms with E-state index < -0.39 is 4.92 Å². The lowest BCUT2D eigenvalue weighted by Gasteiger charge is -2.31. The standard InChI is InChI=1S/C14H19N3O4/c1-10-7-16(8-11(2)21-10)9-14(18)15-12-5-3-4-6-13(12)17(19)20/h3-6,10-11H,7-9H2,1-2H3,(H,15,18)/p+1/t10-,11-/m1/s1. The molecule has 0 spiro atoms. The van der Waals surface area contributed by atoms with Crippen LogP contribution in [0, 0.1) is 10.1 Å². The van der Waals surface area contributed by atoms with E-state index in [1.807, 2.05) is 13.8 Å². The third-order valence-electron chi connectivity index (χ3n) is 3.40. The molecule has 2 atom stereocenters. The molecule has 0 aliphatic carbocycles. The van der Waals surface area contributed by atoms with E-state index in [4.69, 9.17) is 4.74 Å². The van der Waals surface area contributed by atoms with Crippen molar-refractivity contribution in [3.05, 3.63) is 34.4 Å². The molecule has 1 saturated heterocycles. The summed E-state index contributed by atoms with van der Waals surface area (Å²) in [5.74, 6) is -0.222. The number of nitro benzene ring substituents is 1. The molecule has 1 aliphatic heterocycles. The van der Waals surface area contributed by atoms with Gasteiger partial charge in [-0.3, -0.25) is 14.9 Å². The minimum absolute atomic E-state index is 0.0930. The summed E-state index contributed by atoms with van der Waals surface area (Å²) in [6, 6.07) is 6.15. The van der Waals surface area contributed by atoms with Gasteiger partial charge in [0.15, 0.2) is 6.54 Å². The zero-order valence-electron chi connectivity index (χ0n) is 12.2. The van der Waals surface area contributed by atoms with Gasteiger partial charge in [-0.05, 0) is 19.9 Å². The lowest BCUT2D eigenvalue weighted by atomic mass is 10.2. The van der Waals surface area contributed by atoms with E-state index in [1.165, 1.54) is 12.1 Å². The zero-order chi connectivity index (χ0) is 15.4. The SMILES string of the molecule is C[C@@H]1C[NH+](CC(=O)Nc2ccccc2[N+](=O)[O-])C[C@@H](C)O1. The highest BCUT2D eigenvalue weighted by Crippen LogP contribution is 2.22. The van der Waals surface area contributed by atoms with Crippen LogP contribution in [0.5, 0.6) is 0 Å². The van der Waals surface area contributed by atoms with E-state index >= 15 is 0 Å². The molecular weight excluding hydrogens is 274 g/mol. The third-order valence-corrected chi connectivity index (χ3v) is 3.40. The molecule has 0 unspecified atom stereocenters. The first-order valence-corrected chi connectivity index (χ1v) is 6.98. The number of nitrogens with zero attached hydrogens (tertiary/aromatic N) is 1. The van der Waals surface area contributed by atoms with Gasteiger partial charge in [0.2, 0.25) is 0 Å². The van der Waals surface area contributed by atoms with E-state index in [9.17, 15) is 14.9 Å². The molecular formula is C14H20N3O4+. The number of hydrogen-bond acceptors (Lipinski definition) is 4. The van der Waals surface area contributed by atoms with Gasteiger partial charge < -0.3 is 15.0 Å². The number of anilines is 1. The maximum absolute atomic E-state index is 12.1. The molecule has 21 heavy (non-hydrogen) atoms. The predicted molar refractivity (Wildman–Crippen MR) is 77.3 cm³/mol. The number of carbonyl (C=O) groups is 1. The zero-order valence-corrected chi connectivity index (χ0v) is 12.2. The summed E-state index contributed by atoms with van der Waals surface area (Å²) in [6.07, 6.45) is 0.227. The molecule has 0 radical (unpaired) electrons. The van der Waals surface area contributed by atoms with Gasteiger partial charge in [-0.25, -0.2) is 0 Å². The highest BCUT2D eigenvalue weighted by Gasteiger charge is 2.27. The summed E-state index contributed by atoms with van der Waals surface area (Å²) in [5.41, 5.74) is 0.144. The Bertz CT molecular complexity index is 525. The Morgan fingerprint density at radius 3 is 2.62 bits per heavy atom. The van der Waals surface area contributed by atoms with Gasteiger partial charge in [-0.2, -0.15) is 0 Å². The van der Waals surface area contributed by atoms with Crippen molar-refractivity contribution in [2.45, 2.75) is 26.1 Å². The van der Waals surface area contributed by atoms with Crippen LogP contribution < -0.4 is 10.2 Å². The number of nitro groups is 1. The van der Waals surface area contributed by atoms with Gasteiger partial charge in [-0.15, -0.1) is 0 Å². The fourth-order valence-corrected chi connectivity index (χ4v) is 2.69. The van der Waals surface area contributed by atoms with Crippen molar-refractivity contribution in [1.29, 1.82) is 0 Å². The molecule has 1 amide bonds. The molecule has 114 valence electrons. The van der Waals surface area contributed by atoms with Crippen LogP contribution in [0.4, 0.5) is 11.4 Å². The van der Waals surface area contributed by atoms with Crippen molar-refractivity contribution in [3.8, 4) is 0 Å². The average molecular weight is 294 g/mol. The topological polar surface area (TPSA) is 85.9 Å². The van der Waals surface area contributed by atoms with Crippen molar-refractivity contribution < 1.29 is 19.4 Å². The van der Waals surface area contributed by atoms with Crippen molar-refractivity contribution >= 4 is 17.3 Å². The summed E-state index contributed by atoms with van der Waals surface area (Å²) in [6.45, 7) is 5.76. The van der Waals surface area contributed by atoms with Crippen LogP contribution >= 0.6 is 0 Å². The van der Waals surface area contributed by atoms with Crippen LogP contribution in [0.2, 0.25) is 0 Å². The average Bonchev–Trinajstić information content (AvgIpc) is 2.37. The largest absolute Gasteiger partial charge is 0.364 e. The van der Waals surface area contributed by atoms with Gasteiger partial charge in [0.05, 0.1) is 4.92 Å². The summed E-state index contributed by atoms with van der Waals surface area (Å²) >= 11 is 0. The second kappa shape index (κ2) is 6.64. The van der Waals surface area contributed by atoms with E-state index in [0.29, 0.717) is 0 Å². The number of ether oxygens (including phenoxy) is 1. The van der Waals surface area contributed by atoms with E-state index in [0.717, 1.165) is 18.0 Å². The third kappa shape index (κ3) is 4.24. The highest BCUT2D eigenvalue weighted by molar-refractivity contribution is 5.93. The van der Waals surface area contributed by atoms with Crippen LogP contribution in [0.3, 0.4) is 0 Å². The highest BCUT2D eigenvalue weighted by atomic mass is 16.6. The number of para-hydroxylation sites is 2. The maximum Gasteiger partial charge on any atom is 0.292 e. The van der Waals surface area contributed by atoms with E-state index in [1.54, 1.807) is 12.1 Å². The minimum atomic E-state index is -0.499. The maximum atomic E-state index is 12.1. The number of morpholine rings is 1. The Balaban J connectivity index is 1.97. The Kier molecular flexibility index (Phi) is 4.87. The number of benzene rings is 1. The molecule has 2 N–H and O–H groups in total. The van der Waals surface area contributed by atoms with Crippen molar-refractivity contribution in [2.75, 3.05) is 25.0 Å². The fraction of sp³-hybridized carbons (Fsp3) is 0.500. The first kappa shape index (κ1) is 15.4. The van der Waals surface area contributed by atoms with E-state index in [2.05, 4.69) is 5.32 Å². The summed E-state index contributed by atoms with van der Waals surface area (Å²) in [4.78, 5) is 23.6. The fourth-order valence-electron chi connectivity index (χ4n) is 2.69. The van der Waals surface area contributed by atoms with Gasteiger partial charge in [0, 0.05) is 6.07 Å². The van der Waals surface area contributed by atoms with Crippen LogP contribution in [-0.2, 0) is 9.53 Å². The molecule has 1 heterocycles. The minimum Gasteiger partial charge on any atom is -0.364 e. The number of rotatable bonds is 4. The van der Waals surface area contributed by atoms with Crippen LogP contribution in [0.25, 0.3) is 0 Å². The lowest BCUT2D eigenvalue weighted by molar-refractivity contribution is -0.907. The summed E-state index contributed by atoms with van der Waals surface area (Å²) in [5, 5.41) is 13.5. The lowest BCUT2D eigenvalue weighted by Crippen LogP contribution is -3.16. The number of hydrogen-bond donors (Lipinski definition) is 2. The summed E-state index contributed by atoms with van der Waals surface area (Å²) < 4.78 is 5.62. The molecule has 0 bridgehead atoms. The molecule has 1 aliphatic rings. The van der Waals surface area contributed by atoms with Crippen molar-refractivity contribution in [1.82, 2.24) is 0 Å². The van der Waals surface area contributed by atoms with Gasteiger partial charge in [-0.1, -0.05) is 12.1 Å². The monoisotopic (exact) mass is 294 g/mol. The molecule has 1 aromatic carbocycles. The van der Waals surface area contributed by atoms with Gasteiger partial charge >= 0.3 is 0 Å². The smallest absolute Gasteiger partial charge is 0.292 e. The molecule has 1 aromatic rings. The van der Waals surface area contributed by atoms with Crippen LogP contribution in [0.15, 0.2) is 24.3 Å². The van der Waals surface area contributed by atoms with Gasteiger partial charge in [0.1, 0.15) is 31.0 Å². The van der Waals surface area contributed by atoms with Crippen LogP contribution in [0.1, 0.15) is 13.8 Å². The Morgan fingerprint density at radius 2 is 2.00 bits per heavy atom. The molecule has 7 nitrogen and oxygen atoms in total. The van der Waals surface area contributed by atoms with Crippen LogP contribution in [-0.4, -0.2) is 42.7 Å². The predicted octanol–water partition coefficient (Wildman–Crippen LogP) is 0.225. The van der Waals surface area contributed by atoms with Gasteiger partial charge in [0.25, 0.3) is 11.6 Å². The number of quaternary nitrogens is 1. The molecule has 0 saturated carbocycles.